The topological polar surface area (TPSA) is 41.1 Å². The molecule has 2 aromatic heterocycles. The van der Waals surface area contributed by atoms with Gasteiger partial charge in [0.1, 0.15) is 10.6 Å². The van der Waals surface area contributed by atoms with Crippen LogP contribution in [0.4, 0.5) is 11.8 Å². The smallest absolute Gasteiger partial charge is 0.226 e. The fraction of sp³-hybridized carbons (Fsp3) is 0.600. The maximum absolute atomic E-state index is 4.76. The molecule has 1 unspecified atom stereocenters. The number of nitrogens with zero attached hydrogens (tertiary/aromatic N) is 3. The second-order valence-corrected chi connectivity index (χ2v) is 6.46. The van der Waals surface area contributed by atoms with Crippen LogP contribution in [-0.4, -0.2) is 29.6 Å². The molecule has 1 saturated heterocycles. The SMILES string of the molecule is CCNc1nc(N2CCCC(C)CC2)c2ccsc2n1. The predicted octanol–water partition coefficient (Wildman–Crippen LogP) is 3.75. The first-order valence-corrected chi connectivity index (χ1v) is 8.40. The zero-order valence-corrected chi connectivity index (χ0v) is 13.0. The molecule has 1 aliphatic rings. The molecule has 1 fully saturated rings. The monoisotopic (exact) mass is 290 g/mol. The summed E-state index contributed by atoms with van der Waals surface area (Å²) in [6, 6.07) is 2.15. The van der Waals surface area contributed by atoms with Crippen molar-refractivity contribution in [2.24, 2.45) is 5.92 Å². The number of rotatable bonds is 3. The van der Waals surface area contributed by atoms with Gasteiger partial charge in [0, 0.05) is 19.6 Å². The van der Waals surface area contributed by atoms with E-state index in [0.717, 1.165) is 42.1 Å². The van der Waals surface area contributed by atoms with Gasteiger partial charge in [-0.3, -0.25) is 0 Å². The summed E-state index contributed by atoms with van der Waals surface area (Å²) < 4.78 is 0. The molecule has 0 aromatic carbocycles. The summed E-state index contributed by atoms with van der Waals surface area (Å²) in [5.41, 5.74) is 0. The second-order valence-electron chi connectivity index (χ2n) is 5.56. The minimum Gasteiger partial charge on any atom is -0.356 e. The number of aromatic nitrogens is 2. The van der Waals surface area contributed by atoms with Crippen molar-refractivity contribution in [3.63, 3.8) is 0 Å². The van der Waals surface area contributed by atoms with Crippen molar-refractivity contribution in [1.82, 2.24) is 9.97 Å². The highest BCUT2D eigenvalue weighted by molar-refractivity contribution is 7.16. The molecule has 1 atom stereocenters. The number of fused-ring (bicyclic) bond motifs is 1. The van der Waals surface area contributed by atoms with Crippen LogP contribution in [-0.2, 0) is 0 Å². The standard InChI is InChI=1S/C15H22N4S/c1-3-16-15-17-13(12-7-10-20-14(12)18-15)19-8-4-5-11(2)6-9-19/h7,10-11H,3-6,8-9H2,1-2H3,(H,16,17,18). The quantitative estimate of drug-likeness (QED) is 0.934. The van der Waals surface area contributed by atoms with E-state index in [1.807, 2.05) is 0 Å². The van der Waals surface area contributed by atoms with E-state index < -0.39 is 0 Å². The van der Waals surface area contributed by atoms with Crippen molar-refractivity contribution in [3.05, 3.63) is 11.4 Å². The van der Waals surface area contributed by atoms with E-state index >= 15 is 0 Å². The molecule has 0 saturated carbocycles. The molecule has 3 rings (SSSR count). The third-order valence-corrected chi connectivity index (χ3v) is 4.76. The van der Waals surface area contributed by atoms with Gasteiger partial charge in [0.05, 0.1) is 5.39 Å². The molecular formula is C15H22N4S. The Kier molecular flexibility index (Phi) is 4.05. The Labute approximate surface area is 124 Å². The lowest BCUT2D eigenvalue weighted by molar-refractivity contribution is 0.521. The first kappa shape index (κ1) is 13.6. The van der Waals surface area contributed by atoms with Gasteiger partial charge in [0.25, 0.3) is 0 Å². The Morgan fingerprint density at radius 3 is 3.10 bits per heavy atom. The normalized spacial score (nSPS) is 20.1. The molecule has 20 heavy (non-hydrogen) atoms. The molecule has 2 aromatic rings. The first-order valence-electron chi connectivity index (χ1n) is 7.52. The molecule has 3 heterocycles. The summed E-state index contributed by atoms with van der Waals surface area (Å²) in [7, 11) is 0. The van der Waals surface area contributed by atoms with Crippen LogP contribution in [0.2, 0.25) is 0 Å². The third-order valence-electron chi connectivity index (χ3n) is 3.96. The van der Waals surface area contributed by atoms with Gasteiger partial charge < -0.3 is 10.2 Å². The van der Waals surface area contributed by atoms with Crippen molar-refractivity contribution in [1.29, 1.82) is 0 Å². The molecule has 0 radical (unpaired) electrons. The van der Waals surface area contributed by atoms with Crippen LogP contribution in [0, 0.1) is 5.92 Å². The molecule has 1 aliphatic heterocycles. The van der Waals surface area contributed by atoms with Crippen LogP contribution in [0.15, 0.2) is 11.4 Å². The van der Waals surface area contributed by atoms with Gasteiger partial charge in [0.2, 0.25) is 5.95 Å². The molecular weight excluding hydrogens is 268 g/mol. The van der Waals surface area contributed by atoms with Gasteiger partial charge in [-0.1, -0.05) is 6.92 Å². The maximum atomic E-state index is 4.76. The lowest BCUT2D eigenvalue weighted by atomic mass is 10.0. The van der Waals surface area contributed by atoms with E-state index in [9.17, 15) is 0 Å². The van der Waals surface area contributed by atoms with E-state index in [2.05, 4.69) is 40.5 Å². The average molecular weight is 290 g/mol. The molecule has 0 spiro atoms. The Hall–Kier alpha value is -1.36. The molecule has 0 aliphatic carbocycles. The minimum atomic E-state index is 0.759. The highest BCUT2D eigenvalue weighted by Gasteiger charge is 2.19. The number of thiophene rings is 1. The summed E-state index contributed by atoms with van der Waals surface area (Å²) in [5, 5.41) is 6.56. The first-order chi connectivity index (χ1) is 9.78. The van der Waals surface area contributed by atoms with Gasteiger partial charge in [-0.2, -0.15) is 4.98 Å². The fourth-order valence-electron chi connectivity index (χ4n) is 2.79. The molecule has 1 N–H and O–H groups in total. The summed E-state index contributed by atoms with van der Waals surface area (Å²) in [4.78, 5) is 12.9. The average Bonchev–Trinajstić information content (AvgIpc) is 2.80. The van der Waals surface area contributed by atoms with Crippen LogP contribution < -0.4 is 10.2 Å². The van der Waals surface area contributed by atoms with E-state index in [0.29, 0.717) is 0 Å². The van der Waals surface area contributed by atoms with Gasteiger partial charge in [-0.05, 0) is 43.6 Å². The highest BCUT2D eigenvalue weighted by Crippen LogP contribution is 2.31. The minimum absolute atomic E-state index is 0.759. The van der Waals surface area contributed by atoms with Gasteiger partial charge in [0.15, 0.2) is 0 Å². The van der Waals surface area contributed by atoms with Crippen molar-refractivity contribution >= 4 is 33.3 Å². The number of hydrogen-bond donors (Lipinski definition) is 1. The van der Waals surface area contributed by atoms with E-state index in [-0.39, 0.29) is 0 Å². The van der Waals surface area contributed by atoms with Gasteiger partial charge in [-0.25, -0.2) is 4.98 Å². The van der Waals surface area contributed by atoms with Crippen molar-refractivity contribution in [3.8, 4) is 0 Å². The number of nitrogens with one attached hydrogen (secondary N) is 1. The lowest BCUT2D eigenvalue weighted by Gasteiger charge is -2.22. The van der Waals surface area contributed by atoms with E-state index in [4.69, 9.17) is 4.98 Å². The maximum Gasteiger partial charge on any atom is 0.226 e. The summed E-state index contributed by atoms with van der Waals surface area (Å²) in [5.74, 6) is 2.70. The third kappa shape index (κ3) is 2.73. The van der Waals surface area contributed by atoms with Gasteiger partial charge in [-0.15, -0.1) is 11.3 Å². The Bertz CT molecular complexity index is 580. The van der Waals surface area contributed by atoms with E-state index in [1.165, 1.54) is 24.6 Å². The van der Waals surface area contributed by atoms with Crippen molar-refractivity contribution in [2.45, 2.75) is 33.1 Å². The fourth-order valence-corrected chi connectivity index (χ4v) is 3.55. The molecule has 108 valence electrons. The number of hydrogen-bond acceptors (Lipinski definition) is 5. The van der Waals surface area contributed by atoms with Crippen LogP contribution in [0.5, 0.6) is 0 Å². The highest BCUT2D eigenvalue weighted by atomic mass is 32.1. The largest absolute Gasteiger partial charge is 0.356 e. The Morgan fingerprint density at radius 1 is 1.35 bits per heavy atom. The van der Waals surface area contributed by atoms with Crippen LogP contribution in [0.3, 0.4) is 0 Å². The van der Waals surface area contributed by atoms with Gasteiger partial charge >= 0.3 is 0 Å². The Morgan fingerprint density at radius 2 is 2.25 bits per heavy atom. The summed E-state index contributed by atoms with van der Waals surface area (Å²) in [6.07, 6.45) is 3.84. The number of anilines is 2. The molecule has 0 bridgehead atoms. The molecule has 5 heteroatoms. The van der Waals surface area contributed by atoms with Crippen molar-refractivity contribution in [2.75, 3.05) is 29.9 Å². The van der Waals surface area contributed by atoms with Crippen LogP contribution in [0.1, 0.15) is 33.1 Å². The van der Waals surface area contributed by atoms with Crippen LogP contribution in [0.25, 0.3) is 10.2 Å². The predicted molar refractivity (Wildman–Crippen MR) is 86.8 cm³/mol. The zero-order valence-electron chi connectivity index (χ0n) is 12.2. The zero-order chi connectivity index (χ0) is 13.9. The Balaban J connectivity index is 1.97. The molecule has 0 amide bonds. The van der Waals surface area contributed by atoms with E-state index in [1.54, 1.807) is 11.3 Å². The van der Waals surface area contributed by atoms with Crippen LogP contribution >= 0.6 is 11.3 Å². The van der Waals surface area contributed by atoms with Crippen molar-refractivity contribution < 1.29 is 0 Å². The second kappa shape index (κ2) is 5.95. The summed E-state index contributed by atoms with van der Waals surface area (Å²) in [6.45, 7) is 7.50. The summed E-state index contributed by atoms with van der Waals surface area (Å²) >= 11 is 1.69. The lowest BCUT2D eigenvalue weighted by Crippen LogP contribution is -2.25. The molecule has 4 nitrogen and oxygen atoms in total.